The molecule has 0 radical (unpaired) electrons. The highest BCUT2D eigenvalue weighted by Gasteiger charge is 2.10. The van der Waals surface area contributed by atoms with E-state index in [1.54, 1.807) is 11.3 Å². The van der Waals surface area contributed by atoms with Gasteiger partial charge in [0.2, 0.25) is 0 Å². The van der Waals surface area contributed by atoms with Crippen LogP contribution < -0.4 is 5.73 Å². The number of thiophene rings is 1. The van der Waals surface area contributed by atoms with Crippen molar-refractivity contribution in [3.63, 3.8) is 0 Å². The highest BCUT2D eigenvalue weighted by Crippen LogP contribution is 2.25. The zero-order chi connectivity index (χ0) is 10.8. The summed E-state index contributed by atoms with van der Waals surface area (Å²) in [6, 6.07) is 6.42. The second-order valence-corrected chi connectivity index (χ2v) is 4.93. The quantitative estimate of drug-likeness (QED) is 0.884. The van der Waals surface area contributed by atoms with Gasteiger partial charge in [0.25, 0.3) is 0 Å². The van der Waals surface area contributed by atoms with Crippen LogP contribution in [0.4, 0.5) is 4.39 Å². The van der Waals surface area contributed by atoms with Crippen LogP contribution >= 0.6 is 39.7 Å². The molecule has 1 heterocycles. The van der Waals surface area contributed by atoms with Crippen molar-refractivity contribution in [2.75, 3.05) is 0 Å². The fourth-order valence-corrected chi connectivity index (χ4v) is 2.58. The third-order valence-electron chi connectivity index (χ3n) is 2.15. The third kappa shape index (κ3) is 3.04. The topological polar surface area (TPSA) is 26.0 Å². The van der Waals surface area contributed by atoms with Crippen molar-refractivity contribution >= 4 is 39.7 Å². The Morgan fingerprint density at radius 2 is 2.00 bits per heavy atom. The molecule has 0 saturated carbocycles. The fourth-order valence-electron chi connectivity index (χ4n) is 1.40. The molecule has 0 fully saturated rings. The van der Waals surface area contributed by atoms with Crippen LogP contribution in [-0.4, -0.2) is 0 Å². The van der Waals surface area contributed by atoms with Crippen molar-refractivity contribution in [1.82, 2.24) is 0 Å². The minimum absolute atomic E-state index is 0. The number of halogens is 3. The van der Waals surface area contributed by atoms with Crippen LogP contribution in [0.15, 0.2) is 39.5 Å². The van der Waals surface area contributed by atoms with Gasteiger partial charge in [0.1, 0.15) is 5.82 Å². The summed E-state index contributed by atoms with van der Waals surface area (Å²) in [4.78, 5) is 0. The summed E-state index contributed by atoms with van der Waals surface area (Å²) < 4.78 is 13.9. The number of rotatable bonds is 2. The van der Waals surface area contributed by atoms with E-state index in [-0.39, 0.29) is 24.3 Å². The van der Waals surface area contributed by atoms with Crippen LogP contribution in [0.5, 0.6) is 0 Å². The van der Waals surface area contributed by atoms with Crippen molar-refractivity contribution < 1.29 is 4.39 Å². The first-order valence-electron chi connectivity index (χ1n) is 4.40. The van der Waals surface area contributed by atoms with Crippen molar-refractivity contribution in [3.8, 4) is 0 Å². The van der Waals surface area contributed by atoms with Crippen molar-refractivity contribution in [2.45, 2.75) is 6.04 Å². The number of hydrogen-bond donors (Lipinski definition) is 1. The van der Waals surface area contributed by atoms with Gasteiger partial charge in [0.15, 0.2) is 0 Å². The molecule has 1 aromatic heterocycles. The van der Waals surface area contributed by atoms with E-state index in [9.17, 15) is 4.39 Å². The van der Waals surface area contributed by atoms with Gasteiger partial charge in [-0.3, -0.25) is 0 Å². The maximum Gasteiger partial charge on any atom is 0.124 e. The van der Waals surface area contributed by atoms with Gasteiger partial charge >= 0.3 is 0 Å². The zero-order valence-electron chi connectivity index (χ0n) is 8.19. The Hall–Kier alpha value is -0.420. The monoisotopic (exact) mass is 321 g/mol. The Balaban J connectivity index is 0.00000128. The number of benzene rings is 1. The summed E-state index contributed by atoms with van der Waals surface area (Å²) in [5.74, 6) is -0.273. The third-order valence-corrected chi connectivity index (χ3v) is 3.31. The molecule has 1 nitrogen and oxygen atoms in total. The number of nitrogens with two attached hydrogens (primary N) is 1. The lowest BCUT2D eigenvalue weighted by molar-refractivity contribution is 0.622. The molecule has 0 unspecified atom stereocenters. The molecular formula is C11H10BrClFNS. The van der Waals surface area contributed by atoms with Gasteiger partial charge in [0, 0.05) is 4.47 Å². The summed E-state index contributed by atoms with van der Waals surface area (Å²) in [6.45, 7) is 0. The lowest BCUT2D eigenvalue weighted by Gasteiger charge is -2.10. The molecule has 1 atom stereocenters. The van der Waals surface area contributed by atoms with Gasteiger partial charge in [-0.2, -0.15) is 11.3 Å². The minimum Gasteiger partial charge on any atom is -0.320 e. The molecule has 86 valence electrons. The van der Waals surface area contributed by atoms with Gasteiger partial charge in [0.05, 0.1) is 6.04 Å². The van der Waals surface area contributed by atoms with E-state index >= 15 is 0 Å². The average Bonchev–Trinajstić information content (AvgIpc) is 2.67. The van der Waals surface area contributed by atoms with E-state index in [1.165, 1.54) is 12.1 Å². The van der Waals surface area contributed by atoms with E-state index in [0.717, 1.165) is 11.1 Å². The first kappa shape index (κ1) is 13.6. The molecule has 2 N–H and O–H groups in total. The molecule has 0 saturated heterocycles. The second kappa shape index (κ2) is 5.77. The standard InChI is InChI=1S/C11H9BrFNS.ClH/c12-9-3-8(4-10(13)5-9)11(14)7-1-2-15-6-7;/h1-6,11H,14H2;1H/t11-;/m1./s1. The van der Waals surface area contributed by atoms with Crippen molar-refractivity contribution in [1.29, 1.82) is 0 Å². The fraction of sp³-hybridized carbons (Fsp3) is 0.0909. The molecule has 0 amide bonds. The van der Waals surface area contributed by atoms with E-state index < -0.39 is 0 Å². The van der Waals surface area contributed by atoms with E-state index in [2.05, 4.69) is 15.9 Å². The van der Waals surface area contributed by atoms with Gasteiger partial charge in [-0.1, -0.05) is 15.9 Å². The first-order chi connectivity index (χ1) is 7.16. The molecule has 2 aromatic rings. The van der Waals surface area contributed by atoms with Crippen LogP contribution in [0, 0.1) is 5.82 Å². The molecule has 5 heteroatoms. The minimum atomic E-state index is -0.273. The van der Waals surface area contributed by atoms with Gasteiger partial charge in [-0.05, 0) is 46.2 Å². The predicted molar refractivity (Wildman–Crippen MR) is 71.7 cm³/mol. The molecule has 0 aliphatic heterocycles. The highest BCUT2D eigenvalue weighted by molar-refractivity contribution is 9.10. The zero-order valence-corrected chi connectivity index (χ0v) is 11.4. The maximum absolute atomic E-state index is 13.1. The van der Waals surface area contributed by atoms with Gasteiger partial charge in [-0.25, -0.2) is 4.39 Å². The van der Waals surface area contributed by atoms with Crippen LogP contribution in [0.2, 0.25) is 0 Å². The van der Waals surface area contributed by atoms with E-state index in [1.807, 2.05) is 22.9 Å². The lowest BCUT2D eigenvalue weighted by Crippen LogP contribution is -2.11. The lowest BCUT2D eigenvalue weighted by atomic mass is 10.0. The highest BCUT2D eigenvalue weighted by atomic mass is 79.9. The van der Waals surface area contributed by atoms with Crippen LogP contribution in [0.25, 0.3) is 0 Å². The van der Waals surface area contributed by atoms with Gasteiger partial charge in [-0.15, -0.1) is 12.4 Å². The Kier molecular flexibility index (Phi) is 4.92. The molecule has 0 aliphatic rings. The normalized spacial score (nSPS) is 11.9. The van der Waals surface area contributed by atoms with E-state index in [0.29, 0.717) is 4.47 Å². The number of hydrogen-bond acceptors (Lipinski definition) is 2. The Labute approximate surface area is 112 Å². The van der Waals surface area contributed by atoms with E-state index in [4.69, 9.17) is 5.73 Å². The summed E-state index contributed by atoms with van der Waals surface area (Å²) in [7, 11) is 0. The second-order valence-electron chi connectivity index (χ2n) is 3.24. The van der Waals surface area contributed by atoms with Crippen LogP contribution in [0.3, 0.4) is 0 Å². The molecular weight excluding hydrogens is 313 g/mol. The summed E-state index contributed by atoms with van der Waals surface area (Å²) >= 11 is 4.84. The Morgan fingerprint density at radius 1 is 1.25 bits per heavy atom. The van der Waals surface area contributed by atoms with Crippen molar-refractivity contribution in [2.24, 2.45) is 5.73 Å². The molecule has 1 aromatic carbocycles. The Morgan fingerprint density at radius 3 is 2.56 bits per heavy atom. The molecule has 0 bridgehead atoms. The Bertz CT molecular complexity index is 441. The molecule has 16 heavy (non-hydrogen) atoms. The maximum atomic E-state index is 13.1. The van der Waals surface area contributed by atoms with Crippen LogP contribution in [0.1, 0.15) is 17.2 Å². The summed E-state index contributed by atoms with van der Waals surface area (Å²) in [5.41, 5.74) is 7.81. The molecule has 0 spiro atoms. The largest absolute Gasteiger partial charge is 0.320 e. The molecule has 0 aliphatic carbocycles. The summed E-state index contributed by atoms with van der Waals surface area (Å²) in [6.07, 6.45) is 0. The predicted octanol–water partition coefficient (Wildman–Crippen LogP) is 4.12. The van der Waals surface area contributed by atoms with Crippen molar-refractivity contribution in [3.05, 3.63) is 56.4 Å². The summed E-state index contributed by atoms with van der Waals surface area (Å²) in [5, 5.41) is 3.94. The average molecular weight is 323 g/mol. The van der Waals surface area contributed by atoms with Crippen LogP contribution in [-0.2, 0) is 0 Å². The SMILES string of the molecule is Cl.N[C@H](c1ccsc1)c1cc(F)cc(Br)c1. The first-order valence-corrected chi connectivity index (χ1v) is 6.14. The molecule has 2 rings (SSSR count). The smallest absolute Gasteiger partial charge is 0.124 e. The van der Waals surface area contributed by atoms with Gasteiger partial charge < -0.3 is 5.73 Å².